The summed E-state index contributed by atoms with van der Waals surface area (Å²) in [4.78, 5) is 18.0. The van der Waals surface area contributed by atoms with Crippen LogP contribution in [0.5, 0.6) is 0 Å². The number of aryl methyl sites for hydroxylation is 1. The Bertz CT molecular complexity index is 669. The Labute approximate surface area is 124 Å². The van der Waals surface area contributed by atoms with Gasteiger partial charge in [-0.3, -0.25) is 9.78 Å². The van der Waals surface area contributed by atoms with E-state index < -0.39 is 0 Å². The molecule has 1 atom stereocenters. The molecule has 4 nitrogen and oxygen atoms in total. The fraction of sp³-hybridized carbons (Fsp3) is 0.294. The average Bonchev–Trinajstić information content (AvgIpc) is 2.51. The van der Waals surface area contributed by atoms with Crippen LogP contribution in [0.3, 0.4) is 0 Å². The summed E-state index contributed by atoms with van der Waals surface area (Å²) < 4.78 is 0. The number of aromatic nitrogens is 1. The van der Waals surface area contributed by atoms with Gasteiger partial charge in [0.05, 0.1) is 0 Å². The van der Waals surface area contributed by atoms with E-state index in [9.17, 15) is 4.79 Å². The van der Waals surface area contributed by atoms with Crippen molar-refractivity contribution < 1.29 is 4.79 Å². The molecule has 4 heteroatoms. The second-order valence-electron chi connectivity index (χ2n) is 5.45. The van der Waals surface area contributed by atoms with Crippen molar-refractivity contribution in [3.63, 3.8) is 0 Å². The molecule has 1 aromatic heterocycles. The van der Waals surface area contributed by atoms with E-state index in [0.29, 0.717) is 6.42 Å². The second-order valence-corrected chi connectivity index (χ2v) is 5.45. The fourth-order valence-corrected chi connectivity index (χ4v) is 2.74. The molecule has 0 aliphatic carbocycles. The minimum absolute atomic E-state index is 0.0597. The van der Waals surface area contributed by atoms with Crippen molar-refractivity contribution in [3.05, 3.63) is 59.4 Å². The van der Waals surface area contributed by atoms with Crippen LogP contribution in [-0.4, -0.2) is 17.9 Å². The van der Waals surface area contributed by atoms with Gasteiger partial charge in [0.1, 0.15) is 0 Å². The van der Waals surface area contributed by atoms with Gasteiger partial charge in [0.25, 0.3) is 0 Å². The van der Waals surface area contributed by atoms with Gasteiger partial charge < -0.3 is 10.2 Å². The lowest BCUT2D eigenvalue weighted by Gasteiger charge is -2.32. The van der Waals surface area contributed by atoms with Crippen LogP contribution in [0.15, 0.2) is 42.7 Å². The Morgan fingerprint density at radius 2 is 2.14 bits per heavy atom. The molecule has 108 valence electrons. The van der Waals surface area contributed by atoms with Crippen molar-refractivity contribution in [1.82, 2.24) is 10.3 Å². The van der Waals surface area contributed by atoms with Crippen LogP contribution in [0.4, 0.5) is 5.69 Å². The Morgan fingerprint density at radius 1 is 1.33 bits per heavy atom. The highest BCUT2D eigenvalue weighted by molar-refractivity contribution is 5.96. The molecule has 2 aromatic rings. The molecule has 2 heterocycles. The first-order valence-electron chi connectivity index (χ1n) is 7.15. The summed E-state index contributed by atoms with van der Waals surface area (Å²) in [6.07, 6.45) is 4.17. The Kier molecular flexibility index (Phi) is 3.71. The Hall–Kier alpha value is -2.20. The maximum Gasteiger partial charge on any atom is 0.228 e. The first kappa shape index (κ1) is 13.8. The summed E-state index contributed by atoms with van der Waals surface area (Å²) in [5.74, 6) is 0.147. The van der Waals surface area contributed by atoms with Gasteiger partial charge in [0.15, 0.2) is 0 Å². The van der Waals surface area contributed by atoms with Crippen LogP contribution < -0.4 is 10.2 Å². The number of amides is 1. The Balaban J connectivity index is 1.82. The van der Waals surface area contributed by atoms with Crippen molar-refractivity contribution in [1.29, 1.82) is 0 Å². The number of rotatable bonds is 3. The normalized spacial score (nSPS) is 17.7. The Morgan fingerprint density at radius 3 is 2.95 bits per heavy atom. The minimum Gasteiger partial charge on any atom is -0.315 e. The highest BCUT2D eigenvalue weighted by atomic mass is 16.2. The zero-order valence-corrected chi connectivity index (χ0v) is 12.3. The molecule has 1 N–H and O–H groups in total. The zero-order chi connectivity index (χ0) is 14.8. The number of carbonyl (C=O) groups is 1. The lowest BCUT2D eigenvalue weighted by Crippen LogP contribution is -2.37. The van der Waals surface area contributed by atoms with E-state index in [1.165, 1.54) is 16.7 Å². The number of nitrogens with one attached hydrogen (secondary N) is 1. The largest absolute Gasteiger partial charge is 0.315 e. The summed E-state index contributed by atoms with van der Waals surface area (Å²) in [5, 5.41) is 3.50. The van der Waals surface area contributed by atoms with Gasteiger partial charge >= 0.3 is 0 Å². The molecule has 0 saturated heterocycles. The fourth-order valence-electron chi connectivity index (χ4n) is 2.74. The topological polar surface area (TPSA) is 45.2 Å². The lowest BCUT2D eigenvalue weighted by molar-refractivity contribution is -0.119. The molecule has 0 fully saturated rings. The number of anilines is 1. The number of pyridine rings is 1. The van der Waals surface area contributed by atoms with Gasteiger partial charge in [-0.05, 0) is 35.7 Å². The van der Waals surface area contributed by atoms with Crippen molar-refractivity contribution >= 4 is 11.6 Å². The molecule has 0 bridgehead atoms. The van der Waals surface area contributed by atoms with Gasteiger partial charge in [-0.25, -0.2) is 0 Å². The third kappa shape index (κ3) is 2.67. The number of nitrogens with zero attached hydrogens (tertiary/aromatic N) is 2. The molecule has 1 unspecified atom stereocenters. The summed E-state index contributed by atoms with van der Waals surface area (Å²) in [6, 6.07) is 10.1. The zero-order valence-electron chi connectivity index (χ0n) is 12.3. The first-order valence-corrected chi connectivity index (χ1v) is 7.15. The van der Waals surface area contributed by atoms with E-state index in [0.717, 1.165) is 12.2 Å². The molecule has 1 aliphatic rings. The molecule has 1 amide bonds. The monoisotopic (exact) mass is 281 g/mol. The number of fused-ring (bicyclic) bond motifs is 1. The number of hydrogen-bond acceptors (Lipinski definition) is 3. The third-order valence-electron chi connectivity index (χ3n) is 4.11. The first-order chi connectivity index (χ1) is 10.2. The van der Waals surface area contributed by atoms with Gasteiger partial charge in [-0.15, -0.1) is 0 Å². The maximum absolute atomic E-state index is 12.1. The highest BCUT2D eigenvalue weighted by Crippen LogP contribution is 2.33. The molecule has 0 spiro atoms. The maximum atomic E-state index is 12.1. The molecular weight excluding hydrogens is 262 g/mol. The SMILES string of the molecule is Cc1ccncc1CNC1CC(=O)N(C)c2ccccc21. The van der Waals surface area contributed by atoms with Gasteiger partial charge in [0.2, 0.25) is 5.91 Å². The minimum atomic E-state index is 0.0597. The molecular formula is C17H19N3O. The van der Waals surface area contributed by atoms with Crippen molar-refractivity contribution in [3.8, 4) is 0 Å². The van der Waals surface area contributed by atoms with E-state index in [1.807, 2.05) is 37.5 Å². The van der Waals surface area contributed by atoms with E-state index in [2.05, 4.69) is 23.3 Å². The van der Waals surface area contributed by atoms with Crippen molar-refractivity contribution in [2.24, 2.45) is 0 Å². The van der Waals surface area contributed by atoms with E-state index in [1.54, 1.807) is 11.1 Å². The molecule has 3 rings (SSSR count). The predicted molar refractivity (Wildman–Crippen MR) is 83.0 cm³/mol. The summed E-state index contributed by atoms with van der Waals surface area (Å²) in [6.45, 7) is 2.79. The number of hydrogen-bond donors (Lipinski definition) is 1. The van der Waals surface area contributed by atoms with Gasteiger partial charge in [-0.1, -0.05) is 18.2 Å². The van der Waals surface area contributed by atoms with Crippen molar-refractivity contribution in [2.45, 2.75) is 25.9 Å². The summed E-state index contributed by atoms with van der Waals surface area (Å²) in [5.41, 5.74) is 4.56. The lowest BCUT2D eigenvalue weighted by atomic mass is 9.96. The molecule has 21 heavy (non-hydrogen) atoms. The number of benzene rings is 1. The van der Waals surface area contributed by atoms with Gasteiger partial charge in [-0.2, -0.15) is 0 Å². The van der Waals surface area contributed by atoms with Crippen LogP contribution in [0.1, 0.15) is 29.2 Å². The van der Waals surface area contributed by atoms with Crippen LogP contribution in [-0.2, 0) is 11.3 Å². The van der Waals surface area contributed by atoms with Gasteiger partial charge in [0, 0.05) is 44.1 Å². The summed E-state index contributed by atoms with van der Waals surface area (Å²) >= 11 is 0. The number of para-hydroxylation sites is 1. The third-order valence-corrected chi connectivity index (χ3v) is 4.11. The van der Waals surface area contributed by atoms with E-state index in [-0.39, 0.29) is 11.9 Å². The smallest absolute Gasteiger partial charge is 0.228 e. The standard InChI is InChI=1S/C17H19N3O/c1-12-7-8-18-10-13(12)11-19-15-9-17(21)20(2)16-6-4-3-5-14(15)16/h3-8,10,15,19H,9,11H2,1-2H3. The van der Waals surface area contributed by atoms with E-state index >= 15 is 0 Å². The summed E-state index contributed by atoms with van der Waals surface area (Å²) in [7, 11) is 1.84. The van der Waals surface area contributed by atoms with Crippen molar-refractivity contribution in [2.75, 3.05) is 11.9 Å². The van der Waals surface area contributed by atoms with E-state index in [4.69, 9.17) is 0 Å². The molecule has 0 radical (unpaired) electrons. The van der Waals surface area contributed by atoms with Crippen LogP contribution in [0, 0.1) is 6.92 Å². The van der Waals surface area contributed by atoms with Crippen LogP contribution in [0.2, 0.25) is 0 Å². The van der Waals surface area contributed by atoms with Crippen LogP contribution >= 0.6 is 0 Å². The number of carbonyl (C=O) groups excluding carboxylic acids is 1. The van der Waals surface area contributed by atoms with Crippen LogP contribution in [0.25, 0.3) is 0 Å². The molecule has 1 aliphatic heterocycles. The second kappa shape index (κ2) is 5.66. The molecule has 1 aromatic carbocycles. The predicted octanol–water partition coefficient (Wildman–Crippen LogP) is 2.59. The quantitative estimate of drug-likeness (QED) is 0.940. The highest BCUT2D eigenvalue weighted by Gasteiger charge is 2.28. The average molecular weight is 281 g/mol. The molecule has 0 saturated carbocycles.